The van der Waals surface area contributed by atoms with Crippen molar-refractivity contribution in [2.24, 2.45) is 0 Å². The van der Waals surface area contributed by atoms with Crippen molar-refractivity contribution in [3.63, 3.8) is 0 Å². The maximum Gasteiger partial charge on any atom is 0.343 e. The van der Waals surface area contributed by atoms with Crippen molar-refractivity contribution in [3.05, 3.63) is 77.9 Å². The Balaban J connectivity index is 1.88. The van der Waals surface area contributed by atoms with Crippen LogP contribution in [-0.4, -0.2) is 17.0 Å². The molecule has 0 saturated carbocycles. The summed E-state index contributed by atoms with van der Waals surface area (Å²) in [6.07, 6.45) is 0. The third-order valence-corrected chi connectivity index (χ3v) is 3.32. The van der Waals surface area contributed by atoms with Gasteiger partial charge >= 0.3 is 11.9 Å². The summed E-state index contributed by atoms with van der Waals surface area (Å²) in [4.78, 5) is 23.0. The summed E-state index contributed by atoms with van der Waals surface area (Å²) in [5.74, 6) is -1.08. The zero-order valence-electron chi connectivity index (χ0n) is 11.5. The quantitative estimate of drug-likeness (QED) is 0.589. The first kappa shape index (κ1) is 13.8. The van der Waals surface area contributed by atoms with Crippen LogP contribution in [0.2, 0.25) is 0 Å². The SMILES string of the molecule is O=C(O)c1ccc(C(=O)Oc2cccc3ccccc23)cc1. The third kappa shape index (κ3) is 2.67. The summed E-state index contributed by atoms with van der Waals surface area (Å²) in [5, 5.41) is 10.7. The van der Waals surface area contributed by atoms with Crippen molar-refractivity contribution in [3.8, 4) is 5.75 Å². The van der Waals surface area contributed by atoms with E-state index in [-0.39, 0.29) is 5.56 Å². The topological polar surface area (TPSA) is 63.6 Å². The Hall–Kier alpha value is -3.14. The van der Waals surface area contributed by atoms with E-state index in [1.54, 1.807) is 6.07 Å². The van der Waals surface area contributed by atoms with E-state index in [9.17, 15) is 9.59 Å². The number of rotatable bonds is 3. The monoisotopic (exact) mass is 292 g/mol. The van der Waals surface area contributed by atoms with Crippen molar-refractivity contribution in [1.82, 2.24) is 0 Å². The van der Waals surface area contributed by atoms with E-state index in [4.69, 9.17) is 9.84 Å². The van der Waals surface area contributed by atoms with Crippen LogP contribution in [0.5, 0.6) is 5.75 Å². The molecule has 0 aliphatic rings. The summed E-state index contributed by atoms with van der Waals surface area (Å²) in [6, 6.07) is 18.7. The van der Waals surface area contributed by atoms with Crippen LogP contribution >= 0.6 is 0 Å². The lowest BCUT2D eigenvalue weighted by Crippen LogP contribution is -2.09. The van der Waals surface area contributed by atoms with Crippen molar-refractivity contribution < 1.29 is 19.4 Å². The number of carboxylic acid groups (broad SMARTS) is 1. The van der Waals surface area contributed by atoms with Crippen LogP contribution in [0.1, 0.15) is 20.7 Å². The minimum atomic E-state index is -1.03. The summed E-state index contributed by atoms with van der Waals surface area (Å²) in [6.45, 7) is 0. The number of hydrogen-bond donors (Lipinski definition) is 1. The Labute approximate surface area is 126 Å². The summed E-state index contributed by atoms with van der Waals surface area (Å²) >= 11 is 0. The van der Waals surface area contributed by atoms with Gasteiger partial charge in [-0.05, 0) is 35.7 Å². The van der Waals surface area contributed by atoms with E-state index in [1.807, 2.05) is 36.4 Å². The first-order valence-corrected chi connectivity index (χ1v) is 6.68. The molecule has 4 nitrogen and oxygen atoms in total. The molecule has 3 aromatic carbocycles. The normalized spacial score (nSPS) is 10.4. The molecule has 1 N–H and O–H groups in total. The number of carboxylic acids is 1. The molecule has 0 aliphatic heterocycles. The zero-order chi connectivity index (χ0) is 15.5. The molecule has 0 unspecified atom stereocenters. The van der Waals surface area contributed by atoms with Gasteiger partial charge in [0, 0.05) is 5.39 Å². The molecule has 0 spiro atoms. The second-order valence-corrected chi connectivity index (χ2v) is 4.75. The minimum absolute atomic E-state index is 0.127. The predicted molar refractivity (Wildman–Crippen MR) is 82.3 cm³/mol. The van der Waals surface area contributed by atoms with Gasteiger partial charge in [-0.25, -0.2) is 9.59 Å². The molecule has 0 fully saturated rings. The zero-order valence-corrected chi connectivity index (χ0v) is 11.5. The van der Waals surface area contributed by atoms with Crippen LogP contribution < -0.4 is 4.74 Å². The smallest absolute Gasteiger partial charge is 0.343 e. The number of carbonyl (C=O) groups is 2. The number of carbonyl (C=O) groups excluding carboxylic acids is 1. The fraction of sp³-hybridized carbons (Fsp3) is 0. The van der Waals surface area contributed by atoms with Gasteiger partial charge in [0.25, 0.3) is 0 Å². The summed E-state index contributed by atoms with van der Waals surface area (Å²) in [5.41, 5.74) is 0.430. The average Bonchev–Trinajstić information content (AvgIpc) is 2.55. The molecular formula is C18H12O4. The van der Waals surface area contributed by atoms with Gasteiger partial charge in [-0.2, -0.15) is 0 Å². The molecule has 4 heteroatoms. The van der Waals surface area contributed by atoms with E-state index < -0.39 is 11.9 Å². The Bertz CT molecular complexity index is 845. The fourth-order valence-electron chi connectivity index (χ4n) is 2.19. The standard InChI is InChI=1S/C18H12O4/c19-17(20)13-8-10-14(11-9-13)18(21)22-16-7-3-5-12-4-1-2-6-15(12)16/h1-11H,(H,19,20). The molecule has 0 radical (unpaired) electrons. The second-order valence-electron chi connectivity index (χ2n) is 4.75. The second kappa shape index (κ2) is 5.69. The predicted octanol–water partition coefficient (Wildman–Crippen LogP) is 3.76. The van der Waals surface area contributed by atoms with Crippen molar-refractivity contribution in [2.45, 2.75) is 0 Å². The first-order chi connectivity index (χ1) is 10.6. The van der Waals surface area contributed by atoms with Crippen LogP contribution in [-0.2, 0) is 0 Å². The van der Waals surface area contributed by atoms with Crippen molar-refractivity contribution in [2.75, 3.05) is 0 Å². The van der Waals surface area contributed by atoms with Gasteiger partial charge < -0.3 is 9.84 Å². The van der Waals surface area contributed by atoms with Crippen LogP contribution in [0.3, 0.4) is 0 Å². The van der Waals surface area contributed by atoms with E-state index in [1.165, 1.54) is 24.3 Å². The molecule has 0 heterocycles. The molecular weight excluding hydrogens is 280 g/mol. The molecule has 108 valence electrons. The molecule has 0 bridgehead atoms. The van der Waals surface area contributed by atoms with Crippen LogP contribution in [0.4, 0.5) is 0 Å². The van der Waals surface area contributed by atoms with E-state index in [0.29, 0.717) is 11.3 Å². The fourth-order valence-corrected chi connectivity index (χ4v) is 2.19. The molecule has 0 saturated heterocycles. The largest absolute Gasteiger partial charge is 0.478 e. The van der Waals surface area contributed by atoms with E-state index in [0.717, 1.165) is 10.8 Å². The molecule has 0 aromatic heterocycles. The van der Waals surface area contributed by atoms with Crippen molar-refractivity contribution >= 4 is 22.7 Å². The van der Waals surface area contributed by atoms with Crippen LogP contribution in [0, 0.1) is 0 Å². The Kier molecular flexibility index (Phi) is 3.58. The van der Waals surface area contributed by atoms with Gasteiger partial charge in [0.1, 0.15) is 5.75 Å². The number of ether oxygens (including phenoxy) is 1. The Morgan fingerprint density at radius 2 is 1.41 bits per heavy atom. The van der Waals surface area contributed by atoms with Gasteiger partial charge in [0.2, 0.25) is 0 Å². The maximum atomic E-state index is 12.2. The van der Waals surface area contributed by atoms with E-state index in [2.05, 4.69) is 0 Å². The van der Waals surface area contributed by atoms with Crippen LogP contribution in [0.15, 0.2) is 66.7 Å². The Morgan fingerprint density at radius 3 is 2.14 bits per heavy atom. The highest BCUT2D eigenvalue weighted by atomic mass is 16.5. The number of fused-ring (bicyclic) bond motifs is 1. The lowest BCUT2D eigenvalue weighted by molar-refractivity contribution is 0.0692. The lowest BCUT2D eigenvalue weighted by atomic mass is 10.1. The number of aromatic carboxylic acids is 1. The number of benzene rings is 3. The van der Waals surface area contributed by atoms with Gasteiger partial charge in [0.15, 0.2) is 0 Å². The van der Waals surface area contributed by atoms with E-state index >= 15 is 0 Å². The number of esters is 1. The van der Waals surface area contributed by atoms with Crippen LogP contribution in [0.25, 0.3) is 10.8 Å². The van der Waals surface area contributed by atoms with Gasteiger partial charge in [-0.15, -0.1) is 0 Å². The van der Waals surface area contributed by atoms with Gasteiger partial charge in [0.05, 0.1) is 11.1 Å². The molecule has 3 aromatic rings. The average molecular weight is 292 g/mol. The molecule has 22 heavy (non-hydrogen) atoms. The highest BCUT2D eigenvalue weighted by Gasteiger charge is 2.11. The minimum Gasteiger partial charge on any atom is -0.478 e. The maximum absolute atomic E-state index is 12.2. The van der Waals surface area contributed by atoms with Gasteiger partial charge in [-0.3, -0.25) is 0 Å². The molecule has 3 rings (SSSR count). The Morgan fingerprint density at radius 1 is 0.773 bits per heavy atom. The molecule has 0 aliphatic carbocycles. The lowest BCUT2D eigenvalue weighted by Gasteiger charge is -2.07. The highest BCUT2D eigenvalue weighted by molar-refractivity contribution is 5.96. The molecule has 0 amide bonds. The van der Waals surface area contributed by atoms with Gasteiger partial charge in [-0.1, -0.05) is 36.4 Å². The highest BCUT2D eigenvalue weighted by Crippen LogP contribution is 2.25. The molecule has 0 atom stereocenters. The summed E-state index contributed by atoms with van der Waals surface area (Å²) < 4.78 is 5.43. The first-order valence-electron chi connectivity index (χ1n) is 6.68. The number of hydrogen-bond acceptors (Lipinski definition) is 3. The third-order valence-electron chi connectivity index (χ3n) is 3.32. The summed E-state index contributed by atoms with van der Waals surface area (Å²) in [7, 11) is 0. The van der Waals surface area contributed by atoms with Crippen molar-refractivity contribution in [1.29, 1.82) is 0 Å².